The number of hydrogen-bond donors (Lipinski definition) is 0. The zero-order valence-corrected chi connectivity index (χ0v) is 26.7. The van der Waals surface area contributed by atoms with Crippen LogP contribution in [0.25, 0.3) is 11.1 Å². The molecule has 0 N–H and O–H groups in total. The Morgan fingerprint density at radius 2 is 1.02 bits per heavy atom. The van der Waals surface area contributed by atoms with Gasteiger partial charge >= 0.3 is 11.9 Å². The first-order valence-electron chi connectivity index (χ1n) is 15.7. The van der Waals surface area contributed by atoms with Gasteiger partial charge in [0, 0.05) is 41.6 Å². The van der Waals surface area contributed by atoms with E-state index < -0.39 is 5.97 Å². The molecule has 0 aliphatic carbocycles. The van der Waals surface area contributed by atoms with E-state index in [0.29, 0.717) is 31.6 Å². The van der Waals surface area contributed by atoms with Crippen LogP contribution >= 0.6 is 0 Å². The normalized spacial score (nSPS) is 10.6. The fourth-order valence-electron chi connectivity index (χ4n) is 5.23. The number of esters is 2. The summed E-state index contributed by atoms with van der Waals surface area (Å²) in [7, 11) is 0. The highest BCUT2D eigenvalue weighted by atomic mass is 16.5. The molecule has 47 heavy (non-hydrogen) atoms. The van der Waals surface area contributed by atoms with Crippen molar-refractivity contribution in [3.8, 4) is 11.1 Å². The fraction of sp³-hybridized carbons (Fsp3) is 0.143. The second-order valence-corrected chi connectivity index (χ2v) is 11.4. The molecule has 236 valence electrons. The highest BCUT2D eigenvalue weighted by Gasteiger charge is 2.14. The number of ether oxygens (including phenoxy) is 2. The smallest absolute Gasteiger partial charge is 0.333 e. The molecule has 0 saturated carbocycles. The second-order valence-electron chi connectivity index (χ2n) is 11.4. The van der Waals surface area contributed by atoms with Gasteiger partial charge in [0.1, 0.15) is 0 Å². The summed E-state index contributed by atoms with van der Waals surface area (Å²) < 4.78 is 10.4. The summed E-state index contributed by atoms with van der Waals surface area (Å²) in [6.45, 7) is 9.32. The molecule has 0 unspecified atom stereocenters. The van der Waals surface area contributed by atoms with Crippen LogP contribution in [0.2, 0.25) is 0 Å². The van der Waals surface area contributed by atoms with Crippen molar-refractivity contribution in [2.75, 3.05) is 18.1 Å². The third-order valence-electron chi connectivity index (χ3n) is 7.83. The first-order valence-corrected chi connectivity index (χ1v) is 15.7. The van der Waals surface area contributed by atoms with Gasteiger partial charge in [0.25, 0.3) is 0 Å². The Morgan fingerprint density at radius 3 is 1.51 bits per heavy atom. The lowest BCUT2D eigenvalue weighted by molar-refractivity contribution is -0.139. The Kier molecular flexibility index (Phi) is 11.2. The highest BCUT2D eigenvalue weighted by Crippen LogP contribution is 2.36. The minimum absolute atomic E-state index is 0.297. The van der Waals surface area contributed by atoms with Gasteiger partial charge in [0.2, 0.25) is 0 Å². The van der Waals surface area contributed by atoms with Crippen molar-refractivity contribution in [2.24, 2.45) is 0 Å². The van der Waals surface area contributed by atoms with Gasteiger partial charge in [-0.1, -0.05) is 104 Å². The molecule has 0 bridgehead atoms. The van der Waals surface area contributed by atoms with Crippen molar-refractivity contribution in [1.82, 2.24) is 0 Å². The van der Waals surface area contributed by atoms with E-state index in [1.54, 1.807) is 6.92 Å². The Labute approximate surface area is 277 Å². The minimum Gasteiger partial charge on any atom is -0.462 e. The largest absolute Gasteiger partial charge is 0.462 e. The first kappa shape index (κ1) is 32.7. The first-order chi connectivity index (χ1) is 22.9. The Hall–Kier alpha value is -5.68. The molecule has 0 atom stereocenters. The molecule has 0 amide bonds. The van der Waals surface area contributed by atoms with Crippen LogP contribution in [0.1, 0.15) is 29.2 Å². The lowest BCUT2D eigenvalue weighted by Gasteiger charge is -2.26. The summed E-state index contributed by atoms with van der Waals surface area (Å²) in [6, 6.07) is 44.4. The fourth-order valence-corrected chi connectivity index (χ4v) is 5.23. The van der Waals surface area contributed by atoms with E-state index in [-0.39, 0.29) is 5.97 Å². The number of nitrogens with zero attached hydrogens (tertiary/aromatic N) is 1. The van der Waals surface area contributed by atoms with Crippen LogP contribution in [0.5, 0.6) is 0 Å². The van der Waals surface area contributed by atoms with Gasteiger partial charge in [-0.05, 0) is 83.1 Å². The molecule has 0 heterocycles. The molecule has 0 spiro atoms. The standard InChI is InChI=1S/C42H39NO4/c1-4-41(44)46-28-26-32-12-20-38(21-13-32)43(39-22-14-33(15-23-39)27-29-47-42(45)31(2)3)40-24-18-37(19-25-40)36-16-10-35(11-17-36)30-34-8-6-5-7-9-34/h4-25H,1-2,26-30H2,3H3. The number of hydrogen-bond acceptors (Lipinski definition) is 5. The molecule has 5 nitrogen and oxygen atoms in total. The average Bonchev–Trinajstić information content (AvgIpc) is 3.10. The number of carbonyl (C=O) groups is 2. The van der Waals surface area contributed by atoms with Crippen LogP contribution in [-0.4, -0.2) is 25.2 Å². The third kappa shape index (κ3) is 9.18. The van der Waals surface area contributed by atoms with Crippen LogP contribution in [0.4, 0.5) is 17.1 Å². The molecule has 0 aliphatic rings. The quantitative estimate of drug-likeness (QED) is 0.0914. The summed E-state index contributed by atoms with van der Waals surface area (Å²) in [4.78, 5) is 25.4. The molecular weight excluding hydrogens is 582 g/mol. The SMILES string of the molecule is C=CC(=O)OCCc1ccc(N(c2ccc(CCOC(=O)C(=C)C)cc2)c2ccc(-c3ccc(Cc4ccccc4)cc3)cc2)cc1. The molecular formula is C42H39NO4. The van der Waals surface area contributed by atoms with Crippen LogP contribution < -0.4 is 4.90 Å². The highest BCUT2D eigenvalue weighted by molar-refractivity contribution is 5.87. The second kappa shape index (κ2) is 16.1. The Morgan fingerprint density at radius 1 is 0.596 bits per heavy atom. The van der Waals surface area contributed by atoms with Gasteiger partial charge in [-0.15, -0.1) is 0 Å². The van der Waals surface area contributed by atoms with Gasteiger partial charge in [-0.2, -0.15) is 0 Å². The van der Waals surface area contributed by atoms with Gasteiger partial charge in [-0.25, -0.2) is 9.59 Å². The van der Waals surface area contributed by atoms with E-state index in [4.69, 9.17) is 9.47 Å². The lowest BCUT2D eigenvalue weighted by atomic mass is 10.00. The summed E-state index contributed by atoms with van der Waals surface area (Å²) >= 11 is 0. The van der Waals surface area contributed by atoms with Gasteiger partial charge < -0.3 is 14.4 Å². The van der Waals surface area contributed by atoms with Crippen LogP contribution in [0, 0.1) is 0 Å². The molecule has 0 radical (unpaired) electrons. The summed E-state index contributed by atoms with van der Waals surface area (Å²) in [5.41, 5.74) is 10.4. The van der Waals surface area contributed by atoms with Gasteiger partial charge in [-0.3, -0.25) is 0 Å². The number of benzene rings is 5. The maximum Gasteiger partial charge on any atom is 0.333 e. The van der Waals surface area contributed by atoms with Crippen LogP contribution in [-0.2, 0) is 38.3 Å². The average molecular weight is 622 g/mol. The van der Waals surface area contributed by atoms with Gasteiger partial charge in [0.15, 0.2) is 0 Å². The number of anilines is 3. The third-order valence-corrected chi connectivity index (χ3v) is 7.83. The number of carbonyl (C=O) groups excluding carboxylic acids is 2. The predicted octanol–water partition coefficient (Wildman–Crippen LogP) is 9.35. The zero-order chi connectivity index (χ0) is 33.0. The van der Waals surface area contributed by atoms with Crippen molar-refractivity contribution in [2.45, 2.75) is 26.2 Å². The van der Waals surface area contributed by atoms with Crippen LogP contribution in [0.15, 0.2) is 152 Å². The van der Waals surface area contributed by atoms with Crippen molar-refractivity contribution in [3.63, 3.8) is 0 Å². The molecule has 5 aromatic carbocycles. The predicted molar refractivity (Wildman–Crippen MR) is 190 cm³/mol. The van der Waals surface area contributed by atoms with Crippen molar-refractivity contribution in [3.05, 3.63) is 174 Å². The maximum atomic E-state index is 11.8. The Bertz CT molecular complexity index is 1790. The number of rotatable bonds is 14. The van der Waals surface area contributed by atoms with E-state index in [0.717, 1.165) is 45.7 Å². The van der Waals surface area contributed by atoms with E-state index in [9.17, 15) is 9.59 Å². The molecule has 0 fully saturated rings. The zero-order valence-electron chi connectivity index (χ0n) is 26.7. The maximum absolute atomic E-state index is 11.8. The van der Waals surface area contributed by atoms with Crippen LogP contribution in [0.3, 0.4) is 0 Å². The van der Waals surface area contributed by atoms with Crippen molar-refractivity contribution >= 4 is 29.0 Å². The molecule has 5 aromatic rings. The minimum atomic E-state index is -0.420. The van der Waals surface area contributed by atoms with Crippen molar-refractivity contribution in [1.29, 1.82) is 0 Å². The molecule has 5 heteroatoms. The summed E-state index contributed by atoms with van der Waals surface area (Å²) in [5, 5.41) is 0. The molecule has 0 aliphatic heterocycles. The van der Waals surface area contributed by atoms with E-state index in [1.807, 2.05) is 6.07 Å². The lowest BCUT2D eigenvalue weighted by Crippen LogP contribution is -2.11. The molecule has 5 rings (SSSR count). The van der Waals surface area contributed by atoms with E-state index in [1.165, 1.54) is 17.2 Å². The van der Waals surface area contributed by atoms with Gasteiger partial charge in [0.05, 0.1) is 13.2 Å². The topological polar surface area (TPSA) is 55.8 Å². The summed E-state index contributed by atoms with van der Waals surface area (Å²) in [5.74, 6) is -0.793. The van der Waals surface area contributed by atoms with Crippen molar-refractivity contribution < 1.29 is 19.1 Å². The Balaban J connectivity index is 1.35. The summed E-state index contributed by atoms with van der Waals surface area (Å²) in [6.07, 6.45) is 3.31. The van der Waals surface area contributed by atoms with E-state index in [2.05, 4.69) is 139 Å². The molecule has 0 saturated heterocycles. The van der Waals surface area contributed by atoms with E-state index >= 15 is 0 Å². The molecule has 0 aromatic heterocycles. The monoisotopic (exact) mass is 621 g/mol.